The molecule has 0 atom stereocenters. The predicted molar refractivity (Wildman–Crippen MR) is 97.8 cm³/mol. The average molecular weight is 372 g/mol. The molecule has 1 aromatic heterocycles. The zero-order chi connectivity index (χ0) is 18.9. The Morgan fingerprint density at radius 3 is 2.35 bits per heavy atom. The molecule has 0 saturated carbocycles. The second-order valence-electron chi connectivity index (χ2n) is 5.74. The highest BCUT2D eigenvalue weighted by Gasteiger charge is 2.17. The third kappa shape index (κ3) is 3.37. The van der Waals surface area contributed by atoms with Crippen LogP contribution in [0.15, 0.2) is 68.7 Å². The van der Waals surface area contributed by atoms with Crippen LogP contribution in [0.4, 0.5) is 5.69 Å². The van der Waals surface area contributed by atoms with Crippen molar-refractivity contribution in [2.45, 2.75) is 4.90 Å². The van der Waals surface area contributed by atoms with E-state index >= 15 is 0 Å². The molecule has 8 heteroatoms. The Hall–Kier alpha value is -2.97. The summed E-state index contributed by atoms with van der Waals surface area (Å²) in [7, 11) is -0.669. The van der Waals surface area contributed by atoms with Crippen molar-refractivity contribution < 1.29 is 17.6 Å². The molecule has 0 radical (unpaired) electrons. The highest BCUT2D eigenvalue weighted by molar-refractivity contribution is 7.89. The Bertz CT molecular complexity index is 1130. The fourth-order valence-electron chi connectivity index (χ4n) is 2.33. The third-order valence-corrected chi connectivity index (χ3v) is 5.58. The van der Waals surface area contributed by atoms with E-state index in [2.05, 4.69) is 5.32 Å². The van der Waals surface area contributed by atoms with Crippen molar-refractivity contribution in [2.75, 3.05) is 19.4 Å². The molecule has 3 rings (SSSR count). The lowest BCUT2D eigenvalue weighted by Gasteiger charge is -2.12. The largest absolute Gasteiger partial charge is 0.451 e. The number of amides is 1. The summed E-state index contributed by atoms with van der Waals surface area (Å²) >= 11 is 0. The van der Waals surface area contributed by atoms with Crippen molar-refractivity contribution >= 4 is 32.6 Å². The van der Waals surface area contributed by atoms with Gasteiger partial charge in [-0.05, 0) is 36.4 Å². The maximum atomic E-state index is 12.3. The van der Waals surface area contributed by atoms with E-state index < -0.39 is 15.9 Å². The minimum Gasteiger partial charge on any atom is -0.451 e. The normalized spacial score (nSPS) is 11.7. The highest BCUT2D eigenvalue weighted by atomic mass is 32.2. The van der Waals surface area contributed by atoms with E-state index in [4.69, 9.17) is 4.42 Å². The quantitative estimate of drug-likeness (QED) is 0.758. The fraction of sp³-hybridized carbons (Fsp3) is 0.111. The van der Waals surface area contributed by atoms with Crippen LogP contribution in [0.25, 0.3) is 11.0 Å². The van der Waals surface area contributed by atoms with E-state index in [0.29, 0.717) is 16.7 Å². The third-order valence-electron chi connectivity index (χ3n) is 3.75. The van der Waals surface area contributed by atoms with Gasteiger partial charge in [0.1, 0.15) is 5.58 Å². The van der Waals surface area contributed by atoms with Crippen molar-refractivity contribution in [3.63, 3.8) is 0 Å². The highest BCUT2D eigenvalue weighted by Crippen LogP contribution is 2.18. The monoisotopic (exact) mass is 372 g/mol. The standard InChI is InChI=1S/C18H16N2O5S/c1-20(2)26(23,24)13-9-7-12(8-10-13)19-18(22)17-11-15(21)14-5-3-4-6-16(14)25-17/h3-11H,1-2H3,(H,19,22). The summed E-state index contributed by atoms with van der Waals surface area (Å²) in [5.74, 6) is -0.727. The molecule has 0 aliphatic rings. The molecular weight excluding hydrogens is 356 g/mol. The molecule has 1 N–H and O–H groups in total. The minimum absolute atomic E-state index is 0.109. The summed E-state index contributed by atoms with van der Waals surface area (Å²) < 4.78 is 30.6. The lowest BCUT2D eigenvalue weighted by atomic mass is 10.2. The molecule has 0 bridgehead atoms. The van der Waals surface area contributed by atoms with E-state index in [1.807, 2.05) is 0 Å². The van der Waals surface area contributed by atoms with Crippen LogP contribution in [0.2, 0.25) is 0 Å². The van der Waals surface area contributed by atoms with Gasteiger partial charge in [-0.3, -0.25) is 9.59 Å². The number of sulfonamides is 1. The molecule has 0 aliphatic carbocycles. The van der Waals surface area contributed by atoms with Crippen LogP contribution in [-0.4, -0.2) is 32.7 Å². The van der Waals surface area contributed by atoms with Gasteiger partial charge in [0.15, 0.2) is 11.2 Å². The first-order valence-electron chi connectivity index (χ1n) is 7.66. The van der Waals surface area contributed by atoms with Crippen LogP contribution in [0.5, 0.6) is 0 Å². The Balaban J connectivity index is 1.86. The van der Waals surface area contributed by atoms with Crippen molar-refractivity contribution in [1.29, 1.82) is 0 Å². The molecule has 134 valence electrons. The molecule has 7 nitrogen and oxygen atoms in total. The van der Waals surface area contributed by atoms with Crippen molar-refractivity contribution in [1.82, 2.24) is 4.31 Å². The zero-order valence-corrected chi connectivity index (χ0v) is 14.9. The first-order valence-corrected chi connectivity index (χ1v) is 9.10. The van der Waals surface area contributed by atoms with Crippen LogP contribution >= 0.6 is 0 Å². The van der Waals surface area contributed by atoms with E-state index in [1.165, 1.54) is 38.4 Å². The van der Waals surface area contributed by atoms with Gasteiger partial charge in [-0.1, -0.05) is 12.1 Å². The summed E-state index contributed by atoms with van der Waals surface area (Å²) in [6, 6.07) is 13.5. The van der Waals surface area contributed by atoms with Crippen molar-refractivity contribution in [3.05, 3.63) is 70.6 Å². The molecule has 1 amide bonds. The second-order valence-corrected chi connectivity index (χ2v) is 7.89. The number of nitrogens with one attached hydrogen (secondary N) is 1. The SMILES string of the molecule is CN(C)S(=O)(=O)c1ccc(NC(=O)c2cc(=O)c3ccccc3o2)cc1. The van der Waals surface area contributed by atoms with Gasteiger partial charge in [0.25, 0.3) is 5.91 Å². The van der Waals surface area contributed by atoms with Crippen LogP contribution in [0.3, 0.4) is 0 Å². The van der Waals surface area contributed by atoms with Gasteiger partial charge in [0.05, 0.1) is 10.3 Å². The fourth-order valence-corrected chi connectivity index (χ4v) is 3.23. The Morgan fingerprint density at radius 1 is 1.04 bits per heavy atom. The summed E-state index contributed by atoms with van der Waals surface area (Å²) in [6.07, 6.45) is 0. The molecule has 1 heterocycles. The van der Waals surface area contributed by atoms with Gasteiger partial charge in [-0.15, -0.1) is 0 Å². The van der Waals surface area contributed by atoms with E-state index in [-0.39, 0.29) is 16.1 Å². The number of hydrogen-bond acceptors (Lipinski definition) is 5. The molecule has 2 aromatic carbocycles. The average Bonchev–Trinajstić information content (AvgIpc) is 2.62. The summed E-state index contributed by atoms with van der Waals surface area (Å²) in [5.41, 5.74) is 0.380. The van der Waals surface area contributed by atoms with Crippen LogP contribution < -0.4 is 10.7 Å². The number of nitrogens with zero attached hydrogens (tertiary/aromatic N) is 1. The van der Waals surface area contributed by atoms with Gasteiger partial charge in [0.2, 0.25) is 10.0 Å². The zero-order valence-electron chi connectivity index (χ0n) is 14.1. The predicted octanol–water partition coefficient (Wildman–Crippen LogP) is 2.30. The maximum absolute atomic E-state index is 12.3. The molecule has 0 fully saturated rings. The van der Waals surface area contributed by atoms with Crippen LogP contribution in [-0.2, 0) is 10.0 Å². The van der Waals surface area contributed by atoms with Gasteiger partial charge >= 0.3 is 0 Å². The number of rotatable bonds is 4. The Labute approximate surface area is 149 Å². The molecule has 0 unspecified atom stereocenters. The van der Waals surface area contributed by atoms with Crippen LogP contribution in [0, 0.1) is 0 Å². The topological polar surface area (TPSA) is 96.7 Å². The molecule has 0 aliphatic heterocycles. The summed E-state index contributed by atoms with van der Waals surface area (Å²) in [5, 5.41) is 2.97. The van der Waals surface area contributed by atoms with Gasteiger partial charge in [-0.2, -0.15) is 0 Å². The number of hydrogen-bond donors (Lipinski definition) is 1. The number of para-hydroxylation sites is 1. The molecule has 0 spiro atoms. The molecular formula is C18H16N2O5S. The van der Waals surface area contributed by atoms with E-state index in [9.17, 15) is 18.0 Å². The maximum Gasteiger partial charge on any atom is 0.291 e. The van der Waals surface area contributed by atoms with E-state index in [1.54, 1.807) is 24.3 Å². The number of fused-ring (bicyclic) bond motifs is 1. The Kier molecular flexibility index (Phi) is 4.62. The second kappa shape index (κ2) is 6.74. The van der Waals surface area contributed by atoms with Crippen LogP contribution in [0.1, 0.15) is 10.6 Å². The first-order chi connectivity index (χ1) is 12.3. The van der Waals surface area contributed by atoms with Crippen molar-refractivity contribution in [2.24, 2.45) is 0 Å². The van der Waals surface area contributed by atoms with Gasteiger partial charge < -0.3 is 9.73 Å². The lowest BCUT2D eigenvalue weighted by molar-refractivity contribution is 0.0997. The summed E-state index contributed by atoms with van der Waals surface area (Å²) in [6.45, 7) is 0. The first kappa shape index (κ1) is 17.8. The smallest absolute Gasteiger partial charge is 0.291 e. The van der Waals surface area contributed by atoms with Crippen molar-refractivity contribution in [3.8, 4) is 0 Å². The summed E-state index contributed by atoms with van der Waals surface area (Å²) in [4.78, 5) is 24.5. The molecule has 26 heavy (non-hydrogen) atoms. The molecule has 3 aromatic rings. The molecule has 0 saturated heterocycles. The number of anilines is 1. The lowest BCUT2D eigenvalue weighted by Crippen LogP contribution is -2.22. The number of carbonyl (C=O) groups excluding carboxylic acids is 1. The minimum atomic E-state index is -3.54. The van der Waals surface area contributed by atoms with E-state index in [0.717, 1.165) is 10.4 Å². The number of carbonyl (C=O) groups is 1. The Morgan fingerprint density at radius 2 is 1.69 bits per heavy atom. The van der Waals surface area contributed by atoms with Gasteiger partial charge in [0, 0.05) is 25.8 Å². The number of benzene rings is 2. The van der Waals surface area contributed by atoms with Gasteiger partial charge in [-0.25, -0.2) is 12.7 Å².